The van der Waals surface area contributed by atoms with Crippen molar-refractivity contribution >= 4 is 31.8 Å². The van der Waals surface area contributed by atoms with E-state index in [1.807, 2.05) is 4.90 Å². The van der Waals surface area contributed by atoms with Crippen molar-refractivity contribution in [1.29, 1.82) is 0 Å². The molecule has 2 aromatic rings. The molecule has 168 valence electrons. The lowest BCUT2D eigenvalue weighted by Gasteiger charge is -2.33. The Hall–Kier alpha value is -1.82. The van der Waals surface area contributed by atoms with Crippen molar-refractivity contribution in [2.75, 3.05) is 44.3 Å². The highest BCUT2D eigenvalue weighted by atomic mass is 79.9. The molecule has 0 amide bonds. The molecule has 2 aliphatic rings. The Bertz CT molecular complexity index is 1040. The van der Waals surface area contributed by atoms with E-state index in [4.69, 9.17) is 9.47 Å². The summed E-state index contributed by atoms with van der Waals surface area (Å²) in [5, 5.41) is 0. The van der Waals surface area contributed by atoms with E-state index in [1.54, 1.807) is 6.07 Å². The molecule has 0 spiro atoms. The van der Waals surface area contributed by atoms with E-state index in [0.717, 1.165) is 6.07 Å². The summed E-state index contributed by atoms with van der Waals surface area (Å²) in [4.78, 5) is 6.55. The van der Waals surface area contributed by atoms with Crippen LogP contribution in [0.2, 0.25) is 0 Å². The van der Waals surface area contributed by atoms with Gasteiger partial charge in [-0.2, -0.15) is 4.31 Å². The number of morpholine rings is 1. The zero-order chi connectivity index (χ0) is 22.0. The monoisotopic (exact) mass is 517 g/mol. The van der Waals surface area contributed by atoms with Gasteiger partial charge in [-0.25, -0.2) is 22.2 Å². The molecule has 1 aromatic carbocycles. The van der Waals surface area contributed by atoms with Crippen LogP contribution in [0.1, 0.15) is 12.8 Å². The normalized spacial score (nSPS) is 18.9. The fraction of sp³-hybridized carbons (Fsp3) is 0.450. The van der Waals surface area contributed by atoms with Crippen LogP contribution in [0.15, 0.2) is 39.8 Å². The van der Waals surface area contributed by atoms with Crippen LogP contribution in [0.25, 0.3) is 0 Å². The third kappa shape index (κ3) is 5.00. The first-order chi connectivity index (χ1) is 14.8. The van der Waals surface area contributed by atoms with Crippen molar-refractivity contribution < 1.29 is 26.7 Å². The maximum Gasteiger partial charge on any atom is 0.244 e. The summed E-state index contributed by atoms with van der Waals surface area (Å²) in [6, 6.07) is 4.84. The number of pyridine rings is 1. The number of halogens is 3. The van der Waals surface area contributed by atoms with Gasteiger partial charge >= 0.3 is 0 Å². The van der Waals surface area contributed by atoms with E-state index in [1.165, 1.54) is 22.6 Å². The maximum absolute atomic E-state index is 13.8. The molecule has 4 rings (SSSR count). The van der Waals surface area contributed by atoms with Gasteiger partial charge in [0.1, 0.15) is 22.6 Å². The predicted molar refractivity (Wildman–Crippen MR) is 114 cm³/mol. The average Bonchev–Trinajstić information content (AvgIpc) is 2.77. The molecular weight excluding hydrogens is 496 g/mol. The van der Waals surface area contributed by atoms with Gasteiger partial charge < -0.3 is 14.4 Å². The second-order valence-electron chi connectivity index (χ2n) is 7.37. The summed E-state index contributed by atoms with van der Waals surface area (Å²) in [6.07, 6.45) is 2.43. The SMILES string of the molecule is O=S(=O)(c1cnc(N2CCC(Oc3ccc(F)cc3F)CC2)c(Br)c1)N1CCOCC1. The van der Waals surface area contributed by atoms with Crippen LogP contribution in [0, 0.1) is 11.6 Å². The highest BCUT2D eigenvalue weighted by molar-refractivity contribution is 9.10. The summed E-state index contributed by atoms with van der Waals surface area (Å²) in [6.45, 7) is 2.62. The number of aromatic nitrogens is 1. The first kappa shape index (κ1) is 22.4. The number of benzene rings is 1. The molecule has 3 heterocycles. The lowest BCUT2D eigenvalue weighted by Crippen LogP contribution is -2.41. The molecule has 2 aliphatic heterocycles. The second-order valence-corrected chi connectivity index (χ2v) is 10.2. The number of hydrogen-bond donors (Lipinski definition) is 0. The van der Waals surface area contributed by atoms with Gasteiger partial charge in [0.15, 0.2) is 11.6 Å². The summed E-state index contributed by atoms with van der Waals surface area (Å²) >= 11 is 3.46. The topological polar surface area (TPSA) is 72.0 Å². The van der Waals surface area contributed by atoms with Gasteiger partial charge in [-0.15, -0.1) is 0 Å². The minimum atomic E-state index is -3.62. The number of rotatable bonds is 5. The summed E-state index contributed by atoms with van der Waals surface area (Å²) in [7, 11) is -3.62. The molecule has 0 atom stereocenters. The van der Waals surface area contributed by atoms with Crippen molar-refractivity contribution in [3.63, 3.8) is 0 Å². The number of nitrogens with zero attached hydrogens (tertiary/aromatic N) is 3. The molecule has 0 N–H and O–H groups in total. The summed E-state index contributed by atoms with van der Waals surface area (Å²) < 4.78 is 65.4. The van der Waals surface area contributed by atoms with E-state index in [2.05, 4.69) is 20.9 Å². The van der Waals surface area contributed by atoms with E-state index in [-0.39, 0.29) is 16.7 Å². The molecule has 1 aromatic heterocycles. The quantitative estimate of drug-likeness (QED) is 0.606. The number of ether oxygens (including phenoxy) is 2. The zero-order valence-electron chi connectivity index (χ0n) is 16.6. The molecule has 0 radical (unpaired) electrons. The highest BCUT2D eigenvalue weighted by Gasteiger charge is 2.29. The van der Waals surface area contributed by atoms with Gasteiger partial charge in [-0.1, -0.05) is 0 Å². The molecule has 0 bridgehead atoms. The first-order valence-corrected chi connectivity index (χ1v) is 12.2. The average molecular weight is 518 g/mol. The largest absolute Gasteiger partial charge is 0.487 e. The van der Waals surface area contributed by atoms with Crippen LogP contribution in [0.5, 0.6) is 5.75 Å². The minimum Gasteiger partial charge on any atom is -0.487 e. The Labute approximate surface area is 188 Å². The molecule has 0 aliphatic carbocycles. The zero-order valence-corrected chi connectivity index (χ0v) is 19.0. The second kappa shape index (κ2) is 9.35. The number of piperidine rings is 1. The van der Waals surface area contributed by atoms with Crippen LogP contribution < -0.4 is 9.64 Å². The van der Waals surface area contributed by atoms with E-state index < -0.39 is 21.7 Å². The molecule has 7 nitrogen and oxygen atoms in total. The fourth-order valence-electron chi connectivity index (χ4n) is 3.66. The van der Waals surface area contributed by atoms with Gasteiger partial charge in [0.05, 0.1) is 17.7 Å². The first-order valence-electron chi connectivity index (χ1n) is 9.95. The van der Waals surface area contributed by atoms with Crippen LogP contribution in [0.4, 0.5) is 14.6 Å². The molecule has 0 unspecified atom stereocenters. The van der Waals surface area contributed by atoms with Gasteiger partial charge in [0.2, 0.25) is 10.0 Å². The van der Waals surface area contributed by atoms with Crippen molar-refractivity contribution in [3.8, 4) is 5.75 Å². The number of anilines is 1. The smallest absolute Gasteiger partial charge is 0.244 e. The number of sulfonamides is 1. The Balaban J connectivity index is 1.40. The third-order valence-electron chi connectivity index (χ3n) is 5.33. The van der Waals surface area contributed by atoms with Crippen molar-refractivity contribution in [2.45, 2.75) is 23.8 Å². The lowest BCUT2D eigenvalue weighted by atomic mass is 10.1. The van der Waals surface area contributed by atoms with Crippen molar-refractivity contribution in [3.05, 3.63) is 46.6 Å². The molecule has 2 fully saturated rings. The number of hydrogen-bond acceptors (Lipinski definition) is 6. The van der Waals surface area contributed by atoms with Crippen LogP contribution in [-0.4, -0.2) is 63.2 Å². The van der Waals surface area contributed by atoms with Crippen LogP contribution >= 0.6 is 15.9 Å². The highest BCUT2D eigenvalue weighted by Crippen LogP contribution is 2.31. The van der Waals surface area contributed by atoms with Crippen LogP contribution in [-0.2, 0) is 14.8 Å². The fourth-order valence-corrected chi connectivity index (χ4v) is 5.79. The van der Waals surface area contributed by atoms with Crippen molar-refractivity contribution in [2.24, 2.45) is 0 Å². The Morgan fingerprint density at radius 1 is 1.10 bits per heavy atom. The minimum absolute atomic E-state index is 0.0387. The third-order valence-corrected chi connectivity index (χ3v) is 7.78. The molecule has 31 heavy (non-hydrogen) atoms. The predicted octanol–water partition coefficient (Wildman–Crippen LogP) is 3.19. The summed E-state index contributed by atoms with van der Waals surface area (Å²) in [5.74, 6) is -0.678. The van der Waals surface area contributed by atoms with E-state index in [9.17, 15) is 17.2 Å². The Kier molecular flexibility index (Phi) is 6.75. The molecule has 11 heteroatoms. The van der Waals surface area contributed by atoms with Gasteiger partial charge in [-0.3, -0.25) is 0 Å². The molecule has 2 saturated heterocycles. The standard InChI is InChI=1S/C20H22BrF2N3O4S/c21-17-12-16(31(27,28)26-7-9-29-10-8-26)13-24-20(17)25-5-3-15(4-6-25)30-19-2-1-14(22)11-18(19)23/h1-2,11-13,15H,3-10H2. The molecular formula is C20H22BrF2N3O4S. The van der Waals surface area contributed by atoms with Crippen molar-refractivity contribution in [1.82, 2.24) is 9.29 Å². The van der Waals surface area contributed by atoms with Crippen LogP contribution in [0.3, 0.4) is 0 Å². The summed E-state index contributed by atoms with van der Waals surface area (Å²) in [5.41, 5.74) is 0. The van der Waals surface area contributed by atoms with Gasteiger partial charge in [-0.05, 0) is 34.1 Å². The maximum atomic E-state index is 13.8. The Morgan fingerprint density at radius 3 is 2.45 bits per heavy atom. The van der Waals surface area contributed by atoms with E-state index >= 15 is 0 Å². The van der Waals surface area contributed by atoms with Gasteiger partial charge in [0.25, 0.3) is 0 Å². The molecule has 0 saturated carbocycles. The van der Waals surface area contributed by atoms with E-state index in [0.29, 0.717) is 62.5 Å². The lowest BCUT2D eigenvalue weighted by molar-refractivity contribution is 0.0730. The van der Waals surface area contributed by atoms with Gasteiger partial charge in [0, 0.05) is 51.3 Å². The Morgan fingerprint density at radius 2 is 1.81 bits per heavy atom.